The molecule has 0 fully saturated rings. The van der Waals surface area contributed by atoms with E-state index in [0.29, 0.717) is 10.3 Å². The number of amides is 2. The minimum Gasteiger partial charge on any atom is -0.443 e. The summed E-state index contributed by atoms with van der Waals surface area (Å²) in [4.78, 5) is 33.6. The molecule has 1 rings (SSSR count). The number of carbonyl (C=O) groups is 2. The van der Waals surface area contributed by atoms with Crippen LogP contribution in [0.5, 0.6) is 0 Å². The van der Waals surface area contributed by atoms with Crippen LogP contribution in [0, 0.1) is 0 Å². The van der Waals surface area contributed by atoms with Crippen molar-refractivity contribution in [1.82, 2.24) is 14.9 Å². The summed E-state index contributed by atoms with van der Waals surface area (Å²) < 4.78 is 11.0. The van der Waals surface area contributed by atoms with E-state index >= 15 is 0 Å². The summed E-state index contributed by atoms with van der Waals surface area (Å²) in [6.07, 6.45) is 1.38. The van der Waals surface area contributed by atoms with Crippen LogP contribution in [0.25, 0.3) is 0 Å². The van der Waals surface area contributed by atoms with Crippen molar-refractivity contribution in [3.05, 3.63) is 22.7 Å². The molecular formula is C15H22BrN3O4. The molecule has 0 unspecified atom stereocenters. The van der Waals surface area contributed by atoms with Crippen LogP contribution in [0.3, 0.4) is 0 Å². The highest BCUT2D eigenvalue weighted by Gasteiger charge is 2.31. The zero-order valence-electron chi connectivity index (χ0n) is 14.2. The highest BCUT2D eigenvalue weighted by molar-refractivity contribution is 9.10. The van der Waals surface area contributed by atoms with Gasteiger partial charge in [-0.15, -0.1) is 0 Å². The summed E-state index contributed by atoms with van der Waals surface area (Å²) in [5.41, 5.74) is -1.04. The monoisotopic (exact) mass is 387 g/mol. The van der Waals surface area contributed by atoms with Crippen molar-refractivity contribution in [1.29, 1.82) is 0 Å². The molecular weight excluding hydrogens is 366 g/mol. The van der Waals surface area contributed by atoms with Crippen LogP contribution in [0.15, 0.2) is 17.0 Å². The van der Waals surface area contributed by atoms with Crippen molar-refractivity contribution >= 4 is 28.1 Å². The number of rotatable bonds is 2. The zero-order chi connectivity index (χ0) is 17.8. The molecule has 7 nitrogen and oxygen atoms in total. The van der Waals surface area contributed by atoms with E-state index in [4.69, 9.17) is 9.47 Å². The van der Waals surface area contributed by atoms with Crippen molar-refractivity contribution < 1.29 is 19.1 Å². The maximum absolute atomic E-state index is 12.3. The Kier molecular flexibility index (Phi) is 6.10. The Morgan fingerprint density at radius 2 is 1.52 bits per heavy atom. The van der Waals surface area contributed by atoms with Gasteiger partial charge in [-0.3, -0.25) is 4.98 Å². The summed E-state index contributed by atoms with van der Waals surface area (Å²) >= 11 is 3.20. The second-order valence-electron chi connectivity index (χ2n) is 6.88. The average molecular weight is 388 g/mol. The first kappa shape index (κ1) is 19.3. The molecule has 0 aliphatic rings. The number of hydrogen-bond donors (Lipinski definition) is 0. The van der Waals surface area contributed by atoms with E-state index in [0.717, 1.165) is 4.90 Å². The van der Waals surface area contributed by atoms with Crippen LogP contribution in [0.1, 0.15) is 47.2 Å². The van der Waals surface area contributed by atoms with Crippen LogP contribution in [-0.4, -0.2) is 38.3 Å². The second kappa shape index (κ2) is 7.25. The number of aromatic nitrogens is 2. The molecule has 0 radical (unpaired) electrons. The predicted molar refractivity (Wildman–Crippen MR) is 87.7 cm³/mol. The lowest BCUT2D eigenvalue weighted by Crippen LogP contribution is -2.43. The molecule has 8 heteroatoms. The lowest BCUT2D eigenvalue weighted by molar-refractivity contribution is -0.000499. The second-order valence-corrected chi connectivity index (χ2v) is 7.69. The molecule has 0 aromatic carbocycles. The van der Waals surface area contributed by atoms with Gasteiger partial charge in [0.05, 0.1) is 24.6 Å². The van der Waals surface area contributed by atoms with E-state index in [1.165, 1.54) is 12.4 Å². The van der Waals surface area contributed by atoms with Crippen LogP contribution < -0.4 is 0 Å². The molecule has 1 aromatic rings. The molecule has 0 atom stereocenters. The third-order valence-corrected chi connectivity index (χ3v) is 2.58. The van der Waals surface area contributed by atoms with Gasteiger partial charge >= 0.3 is 12.2 Å². The molecule has 2 amide bonds. The smallest absolute Gasteiger partial charge is 0.420 e. The molecule has 0 saturated carbocycles. The molecule has 0 spiro atoms. The molecule has 0 aliphatic heterocycles. The molecule has 0 bridgehead atoms. The fourth-order valence-corrected chi connectivity index (χ4v) is 1.80. The maximum atomic E-state index is 12.3. The van der Waals surface area contributed by atoms with Crippen LogP contribution in [0.2, 0.25) is 0 Å². The standard InChI is InChI=1S/C15H22BrN3O4/c1-14(2,3)22-12(20)19(13(21)23-15(4,5)6)9-10-7-17-8-11(16)18-10/h7-8H,9H2,1-6H3. The molecule has 1 aromatic heterocycles. The minimum absolute atomic E-state index is 0.101. The highest BCUT2D eigenvalue weighted by Crippen LogP contribution is 2.16. The first-order valence-corrected chi connectivity index (χ1v) is 7.86. The number of halogens is 1. The van der Waals surface area contributed by atoms with E-state index in [9.17, 15) is 9.59 Å². The molecule has 0 N–H and O–H groups in total. The Hall–Kier alpha value is -1.70. The van der Waals surface area contributed by atoms with Gasteiger partial charge in [-0.25, -0.2) is 19.5 Å². The average Bonchev–Trinajstić information content (AvgIpc) is 2.31. The molecule has 1 heterocycles. The van der Waals surface area contributed by atoms with E-state index in [2.05, 4.69) is 25.9 Å². The quantitative estimate of drug-likeness (QED) is 0.764. The normalized spacial score (nSPS) is 11.8. The number of hydrogen-bond acceptors (Lipinski definition) is 6. The number of imide groups is 1. The van der Waals surface area contributed by atoms with Gasteiger partial charge < -0.3 is 9.47 Å². The van der Waals surface area contributed by atoms with Crippen LogP contribution >= 0.6 is 15.9 Å². The summed E-state index contributed by atoms with van der Waals surface area (Å²) in [6.45, 7) is 10.2. The Bertz CT molecular complexity index is 551. The Balaban J connectivity index is 3.00. The zero-order valence-corrected chi connectivity index (χ0v) is 15.8. The van der Waals surface area contributed by atoms with Gasteiger partial charge in [0.2, 0.25) is 0 Å². The summed E-state index contributed by atoms with van der Waals surface area (Å²) in [7, 11) is 0. The van der Waals surface area contributed by atoms with E-state index in [1.54, 1.807) is 41.5 Å². The first-order chi connectivity index (χ1) is 10.4. The van der Waals surface area contributed by atoms with E-state index in [-0.39, 0.29) is 6.54 Å². The summed E-state index contributed by atoms with van der Waals surface area (Å²) in [5, 5.41) is 0. The predicted octanol–water partition coefficient (Wildman–Crippen LogP) is 3.91. The fourth-order valence-electron chi connectivity index (χ4n) is 1.46. The van der Waals surface area contributed by atoms with Crippen LogP contribution in [-0.2, 0) is 16.0 Å². The van der Waals surface area contributed by atoms with Crippen molar-refractivity contribution in [2.75, 3.05) is 0 Å². The molecule has 0 saturated heterocycles. The number of ether oxygens (including phenoxy) is 2. The van der Waals surface area contributed by atoms with Crippen molar-refractivity contribution in [2.24, 2.45) is 0 Å². The van der Waals surface area contributed by atoms with Gasteiger partial charge in [0.25, 0.3) is 0 Å². The molecule has 128 valence electrons. The summed E-state index contributed by atoms with van der Waals surface area (Å²) in [6, 6.07) is 0. The topological polar surface area (TPSA) is 81.6 Å². The molecule has 0 aliphatic carbocycles. The SMILES string of the molecule is CC(C)(C)OC(=O)N(Cc1cncc(Br)n1)C(=O)OC(C)(C)C. The Labute approximate surface area is 144 Å². The lowest BCUT2D eigenvalue weighted by atomic mass is 10.2. The van der Waals surface area contributed by atoms with Crippen molar-refractivity contribution in [2.45, 2.75) is 59.3 Å². The first-order valence-electron chi connectivity index (χ1n) is 7.07. The van der Waals surface area contributed by atoms with Gasteiger partial charge in [0.15, 0.2) is 0 Å². The van der Waals surface area contributed by atoms with E-state index < -0.39 is 23.4 Å². The van der Waals surface area contributed by atoms with Gasteiger partial charge in [0.1, 0.15) is 15.8 Å². The van der Waals surface area contributed by atoms with Gasteiger partial charge in [0, 0.05) is 0 Å². The van der Waals surface area contributed by atoms with Crippen molar-refractivity contribution in [3.63, 3.8) is 0 Å². The Morgan fingerprint density at radius 3 is 1.91 bits per heavy atom. The van der Waals surface area contributed by atoms with E-state index in [1.807, 2.05) is 0 Å². The minimum atomic E-state index is -0.798. The van der Waals surface area contributed by atoms with Gasteiger partial charge in [-0.05, 0) is 57.5 Å². The van der Waals surface area contributed by atoms with Gasteiger partial charge in [-0.2, -0.15) is 0 Å². The van der Waals surface area contributed by atoms with Gasteiger partial charge in [-0.1, -0.05) is 0 Å². The van der Waals surface area contributed by atoms with Crippen molar-refractivity contribution in [3.8, 4) is 0 Å². The Morgan fingerprint density at radius 1 is 1.04 bits per heavy atom. The van der Waals surface area contributed by atoms with Crippen LogP contribution in [0.4, 0.5) is 9.59 Å². The summed E-state index contributed by atoms with van der Waals surface area (Å²) in [5.74, 6) is 0. The number of carbonyl (C=O) groups excluding carboxylic acids is 2. The number of nitrogens with zero attached hydrogens (tertiary/aromatic N) is 3. The molecule has 23 heavy (non-hydrogen) atoms. The fraction of sp³-hybridized carbons (Fsp3) is 0.600. The third kappa shape index (κ3) is 7.40. The third-order valence-electron chi connectivity index (χ3n) is 2.20. The maximum Gasteiger partial charge on any atom is 0.420 e. The highest BCUT2D eigenvalue weighted by atomic mass is 79.9. The largest absolute Gasteiger partial charge is 0.443 e. The lowest BCUT2D eigenvalue weighted by Gasteiger charge is -2.28.